The molecule has 1 atom stereocenters. The fourth-order valence-corrected chi connectivity index (χ4v) is 2.64. The summed E-state index contributed by atoms with van der Waals surface area (Å²) in [5.41, 5.74) is 9.76. The van der Waals surface area contributed by atoms with Crippen molar-refractivity contribution in [3.63, 3.8) is 0 Å². The van der Waals surface area contributed by atoms with E-state index in [1.165, 1.54) is 4.68 Å². The summed E-state index contributed by atoms with van der Waals surface area (Å²) in [7, 11) is 0. The van der Waals surface area contributed by atoms with Crippen LogP contribution in [0.15, 0.2) is 35.1 Å². The molecule has 4 heteroatoms. The summed E-state index contributed by atoms with van der Waals surface area (Å²) < 4.78 is 1.47. The Morgan fingerprint density at radius 1 is 1.37 bits per heavy atom. The number of nitrogens with two attached hydrogens (primary N) is 1. The molecule has 1 aromatic carbocycles. The summed E-state index contributed by atoms with van der Waals surface area (Å²) in [5.74, 6) is 0. The van der Waals surface area contributed by atoms with E-state index in [1.807, 2.05) is 31.2 Å². The van der Waals surface area contributed by atoms with Crippen molar-refractivity contribution >= 4 is 0 Å². The molecule has 0 saturated carbocycles. The third kappa shape index (κ3) is 2.08. The minimum Gasteiger partial charge on any atom is -0.323 e. The van der Waals surface area contributed by atoms with Gasteiger partial charge in [-0.05, 0) is 43.4 Å². The van der Waals surface area contributed by atoms with E-state index < -0.39 is 0 Å². The SMILES string of the molecule is Cc1ccccc1-n1nc2c(cc1=O)CCCC2N. The van der Waals surface area contributed by atoms with Crippen LogP contribution < -0.4 is 11.3 Å². The van der Waals surface area contributed by atoms with Crippen LogP contribution in [0.1, 0.15) is 35.7 Å². The molecule has 4 nitrogen and oxygen atoms in total. The van der Waals surface area contributed by atoms with Gasteiger partial charge in [-0.2, -0.15) is 9.78 Å². The summed E-state index contributed by atoms with van der Waals surface area (Å²) in [6.45, 7) is 1.98. The number of benzene rings is 1. The number of hydrogen-bond acceptors (Lipinski definition) is 3. The van der Waals surface area contributed by atoms with Crippen molar-refractivity contribution in [3.05, 3.63) is 57.5 Å². The van der Waals surface area contributed by atoms with Crippen molar-refractivity contribution in [2.75, 3.05) is 0 Å². The third-order valence-corrected chi connectivity index (χ3v) is 3.70. The van der Waals surface area contributed by atoms with Crippen LogP contribution in [0.2, 0.25) is 0 Å². The molecule has 2 aromatic rings. The number of hydrogen-bond donors (Lipinski definition) is 1. The maximum Gasteiger partial charge on any atom is 0.271 e. The lowest BCUT2D eigenvalue weighted by molar-refractivity contribution is 0.532. The lowest BCUT2D eigenvalue weighted by Crippen LogP contribution is -2.29. The van der Waals surface area contributed by atoms with Crippen LogP contribution in [0, 0.1) is 6.92 Å². The lowest BCUT2D eigenvalue weighted by atomic mass is 9.93. The van der Waals surface area contributed by atoms with Crippen molar-refractivity contribution in [3.8, 4) is 5.69 Å². The molecule has 0 aliphatic heterocycles. The van der Waals surface area contributed by atoms with E-state index in [1.54, 1.807) is 6.07 Å². The van der Waals surface area contributed by atoms with E-state index >= 15 is 0 Å². The Labute approximate surface area is 111 Å². The van der Waals surface area contributed by atoms with Gasteiger partial charge < -0.3 is 5.73 Å². The molecule has 19 heavy (non-hydrogen) atoms. The number of fused-ring (bicyclic) bond motifs is 1. The first-order valence-corrected chi connectivity index (χ1v) is 6.61. The zero-order chi connectivity index (χ0) is 13.4. The average Bonchev–Trinajstić information content (AvgIpc) is 2.39. The van der Waals surface area contributed by atoms with Crippen molar-refractivity contribution in [1.82, 2.24) is 9.78 Å². The molecule has 1 aliphatic rings. The lowest BCUT2D eigenvalue weighted by Gasteiger charge is -2.21. The molecule has 0 saturated heterocycles. The van der Waals surface area contributed by atoms with Crippen LogP contribution in [0.25, 0.3) is 5.69 Å². The Morgan fingerprint density at radius 3 is 2.95 bits per heavy atom. The minimum atomic E-state index is -0.0813. The first-order valence-electron chi connectivity index (χ1n) is 6.61. The zero-order valence-corrected chi connectivity index (χ0v) is 11.0. The molecule has 0 amide bonds. The summed E-state index contributed by atoms with van der Waals surface area (Å²) in [6.07, 6.45) is 2.87. The van der Waals surface area contributed by atoms with Gasteiger partial charge in [0.2, 0.25) is 0 Å². The highest BCUT2D eigenvalue weighted by Gasteiger charge is 2.20. The molecular formula is C15H17N3O. The molecular weight excluding hydrogens is 238 g/mol. The summed E-state index contributed by atoms with van der Waals surface area (Å²) in [6, 6.07) is 9.38. The van der Waals surface area contributed by atoms with Crippen molar-refractivity contribution < 1.29 is 0 Å². The van der Waals surface area contributed by atoms with Crippen molar-refractivity contribution in [2.45, 2.75) is 32.2 Å². The maximum atomic E-state index is 12.2. The normalized spacial score (nSPS) is 18.1. The maximum absolute atomic E-state index is 12.2. The second-order valence-corrected chi connectivity index (χ2v) is 5.09. The van der Waals surface area contributed by atoms with Crippen molar-refractivity contribution in [1.29, 1.82) is 0 Å². The predicted molar refractivity (Wildman–Crippen MR) is 74.4 cm³/mol. The van der Waals surface area contributed by atoms with Crippen LogP contribution >= 0.6 is 0 Å². The topological polar surface area (TPSA) is 60.9 Å². The van der Waals surface area contributed by atoms with Gasteiger partial charge in [-0.1, -0.05) is 18.2 Å². The number of nitrogens with zero attached hydrogens (tertiary/aromatic N) is 2. The zero-order valence-electron chi connectivity index (χ0n) is 11.0. The van der Waals surface area contributed by atoms with Gasteiger partial charge in [0, 0.05) is 12.1 Å². The molecule has 98 valence electrons. The second-order valence-electron chi connectivity index (χ2n) is 5.09. The number of para-hydroxylation sites is 1. The number of rotatable bonds is 1. The van der Waals surface area contributed by atoms with E-state index in [-0.39, 0.29) is 11.6 Å². The fourth-order valence-electron chi connectivity index (χ4n) is 2.64. The van der Waals surface area contributed by atoms with Crippen LogP contribution in [-0.2, 0) is 6.42 Å². The standard InChI is InChI=1S/C15H17N3O/c1-10-5-2-3-8-13(10)18-14(19)9-11-6-4-7-12(16)15(11)17-18/h2-3,5,8-9,12H,4,6-7,16H2,1H3. The van der Waals surface area contributed by atoms with E-state index in [0.29, 0.717) is 0 Å². The summed E-state index contributed by atoms with van der Waals surface area (Å²) in [5, 5.41) is 4.50. The largest absolute Gasteiger partial charge is 0.323 e. The van der Waals surface area contributed by atoms with Gasteiger partial charge in [0.1, 0.15) is 0 Å². The highest BCUT2D eigenvalue weighted by atomic mass is 16.1. The average molecular weight is 255 g/mol. The quantitative estimate of drug-likeness (QED) is 0.846. The fraction of sp³-hybridized carbons (Fsp3) is 0.333. The van der Waals surface area contributed by atoms with E-state index in [0.717, 1.165) is 41.8 Å². The molecule has 1 heterocycles. The van der Waals surface area contributed by atoms with Crippen LogP contribution in [0.4, 0.5) is 0 Å². The second kappa shape index (κ2) is 4.63. The van der Waals surface area contributed by atoms with Gasteiger partial charge in [-0.3, -0.25) is 4.79 Å². The molecule has 1 aromatic heterocycles. The van der Waals surface area contributed by atoms with Crippen LogP contribution in [-0.4, -0.2) is 9.78 Å². The Balaban J connectivity index is 2.21. The molecule has 0 spiro atoms. The Morgan fingerprint density at radius 2 is 2.16 bits per heavy atom. The Bertz CT molecular complexity index is 675. The molecule has 1 unspecified atom stereocenters. The number of aromatic nitrogens is 2. The van der Waals surface area contributed by atoms with Gasteiger partial charge in [0.25, 0.3) is 5.56 Å². The monoisotopic (exact) mass is 255 g/mol. The van der Waals surface area contributed by atoms with E-state index in [4.69, 9.17) is 5.73 Å². The van der Waals surface area contributed by atoms with Crippen LogP contribution in [0.5, 0.6) is 0 Å². The van der Waals surface area contributed by atoms with E-state index in [2.05, 4.69) is 5.10 Å². The summed E-state index contributed by atoms with van der Waals surface area (Å²) >= 11 is 0. The van der Waals surface area contributed by atoms with Crippen LogP contribution in [0.3, 0.4) is 0 Å². The Hall–Kier alpha value is -1.94. The summed E-state index contributed by atoms with van der Waals surface area (Å²) in [4.78, 5) is 12.2. The highest BCUT2D eigenvalue weighted by Crippen LogP contribution is 2.25. The minimum absolute atomic E-state index is 0.0559. The first-order chi connectivity index (χ1) is 9.16. The van der Waals surface area contributed by atoms with Gasteiger partial charge in [0.05, 0.1) is 11.4 Å². The Kier molecular flexibility index (Phi) is 2.95. The van der Waals surface area contributed by atoms with Gasteiger partial charge in [0.15, 0.2) is 0 Å². The highest BCUT2D eigenvalue weighted by molar-refractivity contribution is 5.40. The van der Waals surface area contributed by atoms with Gasteiger partial charge >= 0.3 is 0 Å². The molecule has 3 rings (SSSR count). The third-order valence-electron chi connectivity index (χ3n) is 3.70. The molecule has 0 bridgehead atoms. The van der Waals surface area contributed by atoms with Crippen molar-refractivity contribution in [2.24, 2.45) is 5.73 Å². The van der Waals surface area contributed by atoms with E-state index in [9.17, 15) is 4.79 Å². The molecule has 0 radical (unpaired) electrons. The first kappa shape index (κ1) is 12.1. The number of aryl methyl sites for hydroxylation is 2. The smallest absolute Gasteiger partial charge is 0.271 e. The molecule has 0 fully saturated rings. The van der Waals surface area contributed by atoms with Gasteiger partial charge in [-0.25, -0.2) is 0 Å². The van der Waals surface area contributed by atoms with Gasteiger partial charge in [-0.15, -0.1) is 0 Å². The molecule has 1 aliphatic carbocycles. The molecule has 2 N–H and O–H groups in total. The predicted octanol–water partition coefficient (Wildman–Crippen LogP) is 1.88.